The number of hydrogen-bond acceptors (Lipinski definition) is 5. The Morgan fingerprint density at radius 3 is 2.80 bits per heavy atom. The lowest BCUT2D eigenvalue weighted by molar-refractivity contribution is -0.384. The minimum atomic E-state index is -0.478. The molecule has 1 N–H and O–H groups in total. The molecule has 1 heterocycles. The summed E-state index contributed by atoms with van der Waals surface area (Å²) in [5.74, 6) is 0.275. The van der Waals surface area contributed by atoms with Gasteiger partial charge in [0.15, 0.2) is 0 Å². The van der Waals surface area contributed by atoms with Gasteiger partial charge in [-0.3, -0.25) is 10.1 Å². The van der Waals surface area contributed by atoms with Gasteiger partial charge in [-0.1, -0.05) is 11.6 Å². The van der Waals surface area contributed by atoms with Crippen LogP contribution < -0.4 is 5.32 Å². The van der Waals surface area contributed by atoms with Crippen LogP contribution in [0.15, 0.2) is 12.3 Å². The molecule has 1 aromatic heterocycles. The summed E-state index contributed by atoms with van der Waals surface area (Å²) in [4.78, 5) is 16.6. The molecule has 0 saturated carbocycles. The first-order chi connectivity index (χ1) is 9.41. The Hall–Kier alpha value is -1.40. The van der Waals surface area contributed by atoms with Crippen LogP contribution in [0, 0.1) is 10.1 Å². The Morgan fingerprint density at radius 2 is 2.20 bits per heavy atom. The van der Waals surface area contributed by atoms with Crippen molar-refractivity contribution in [3.63, 3.8) is 0 Å². The Kier molecular flexibility index (Phi) is 6.67. The van der Waals surface area contributed by atoms with Crippen molar-refractivity contribution in [2.24, 2.45) is 0 Å². The van der Waals surface area contributed by atoms with E-state index in [0.717, 1.165) is 19.4 Å². The fourth-order valence-electron chi connectivity index (χ4n) is 1.66. The summed E-state index contributed by atoms with van der Waals surface area (Å²) in [5.41, 5.74) is -0.0863. The fourth-order valence-corrected chi connectivity index (χ4v) is 1.81. The van der Waals surface area contributed by atoms with Crippen molar-refractivity contribution < 1.29 is 4.92 Å². The van der Waals surface area contributed by atoms with Gasteiger partial charge in [0.05, 0.1) is 9.95 Å². The van der Waals surface area contributed by atoms with Crippen LogP contribution in [-0.2, 0) is 0 Å². The van der Waals surface area contributed by atoms with E-state index in [4.69, 9.17) is 11.6 Å². The highest BCUT2D eigenvalue weighted by Crippen LogP contribution is 2.24. The van der Waals surface area contributed by atoms with E-state index in [1.165, 1.54) is 12.3 Å². The molecule has 0 aliphatic rings. The van der Waals surface area contributed by atoms with Gasteiger partial charge in [0.25, 0.3) is 0 Å². The second-order valence-corrected chi connectivity index (χ2v) is 5.42. The summed E-state index contributed by atoms with van der Waals surface area (Å²) >= 11 is 5.71. The van der Waals surface area contributed by atoms with E-state index in [1.54, 1.807) is 0 Å². The maximum Gasteiger partial charge on any atom is 0.312 e. The van der Waals surface area contributed by atoms with Crippen molar-refractivity contribution in [2.45, 2.75) is 32.7 Å². The molecule has 1 rings (SSSR count). The largest absolute Gasteiger partial charge is 0.364 e. The Morgan fingerprint density at radius 1 is 1.50 bits per heavy atom. The number of aromatic nitrogens is 1. The van der Waals surface area contributed by atoms with Crippen molar-refractivity contribution in [3.05, 3.63) is 27.4 Å². The van der Waals surface area contributed by atoms with Crippen molar-refractivity contribution >= 4 is 23.1 Å². The molecular weight excluding hydrogens is 280 g/mol. The topological polar surface area (TPSA) is 71.3 Å². The maximum atomic E-state index is 10.9. The van der Waals surface area contributed by atoms with Crippen LogP contribution in [0.3, 0.4) is 0 Å². The molecule has 112 valence electrons. The molecule has 0 aliphatic carbocycles. The molecule has 0 saturated heterocycles. The van der Waals surface area contributed by atoms with Gasteiger partial charge in [0.1, 0.15) is 0 Å². The third-order valence-electron chi connectivity index (χ3n) is 3.14. The molecule has 1 aromatic rings. The standard InChI is InChI=1S/C13H21ClN4O2/c1-10(2)17(3)7-5-4-6-15-13-12(18(19)20)8-11(14)9-16-13/h8-10H,4-7H2,1-3H3,(H,15,16). The highest BCUT2D eigenvalue weighted by molar-refractivity contribution is 6.30. The molecule has 0 amide bonds. The van der Waals surface area contributed by atoms with Crippen LogP contribution in [0.2, 0.25) is 5.02 Å². The van der Waals surface area contributed by atoms with Gasteiger partial charge in [0.2, 0.25) is 5.82 Å². The van der Waals surface area contributed by atoms with Crippen LogP contribution in [-0.4, -0.2) is 41.0 Å². The average Bonchev–Trinajstić information content (AvgIpc) is 2.39. The molecule has 0 spiro atoms. The quantitative estimate of drug-likeness (QED) is 0.453. The third kappa shape index (κ3) is 5.30. The minimum Gasteiger partial charge on any atom is -0.364 e. The summed E-state index contributed by atoms with van der Waals surface area (Å²) in [6, 6.07) is 1.84. The van der Waals surface area contributed by atoms with Gasteiger partial charge in [-0.2, -0.15) is 0 Å². The first kappa shape index (κ1) is 16.7. The van der Waals surface area contributed by atoms with E-state index >= 15 is 0 Å². The first-order valence-electron chi connectivity index (χ1n) is 6.66. The molecule has 0 aliphatic heterocycles. The van der Waals surface area contributed by atoms with Gasteiger partial charge in [-0.25, -0.2) is 4.98 Å². The summed E-state index contributed by atoms with van der Waals surface area (Å²) < 4.78 is 0. The molecule has 0 radical (unpaired) electrons. The summed E-state index contributed by atoms with van der Waals surface area (Å²) in [7, 11) is 2.09. The molecule has 20 heavy (non-hydrogen) atoms. The number of nitrogens with zero attached hydrogens (tertiary/aromatic N) is 3. The number of rotatable bonds is 8. The molecule has 0 fully saturated rings. The normalized spacial score (nSPS) is 11.1. The molecule has 0 atom stereocenters. The van der Waals surface area contributed by atoms with Gasteiger partial charge in [0, 0.05) is 24.8 Å². The summed E-state index contributed by atoms with van der Waals surface area (Å²) in [6.45, 7) is 5.97. The molecule has 0 unspecified atom stereocenters. The van der Waals surface area contributed by atoms with Crippen LogP contribution in [0.25, 0.3) is 0 Å². The predicted molar refractivity (Wildman–Crippen MR) is 81.4 cm³/mol. The number of halogens is 1. The van der Waals surface area contributed by atoms with E-state index in [9.17, 15) is 10.1 Å². The third-order valence-corrected chi connectivity index (χ3v) is 3.35. The lowest BCUT2D eigenvalue weighted by Crippen LogP contribution is -2.27. The Labute approximate surface area is 124 Å². The monoisotopic (exact) mass is 300 g/mol. The number of pyridine rings is 1. The van der Waals surface area contributed by atoms with E-state index in [1.807, 2.05) is 0 Å². The van der Waals surface area contributed by atoms with Crippen molar-refractivity contribution in [2.75, 3.05) is 25.5 Å². The second-order valence-electron chi connectivity index (χ2n) is 4.99. The summed E-state index contributed by atoms with van der Waals surface area (Å²) in [5, 5.41) is 14.1. The van der Waals surface area contributed by atoms with Gasteiger partial charge >= 0.3 is 5.69 Å². The SMILES string of the molecule is CC(C)N(C)CCCCNc1ncc(Cl)cc1[N+](=O)[O-]. The number of unbranched alkanes of at least 4 members (excludes halogenated alkanes) is 1. The van der Waals surface area contributed by atoms with Crippen LogP contribution in [0.1, 0.15) is 26.7 Å². The molecule has 6 nitrogen and oxygen atoms in total. The van der Waals surface area contributed by atoms with Crippen LogP contribution in [0.5, 0.6) is 0 Å². The first-order valence-corrected chi connectivity index (χ1v) is 7.03. The van der Waals surface area contributed by atoms with E-state index < -0.39 is 4.92 Å². The van der Waals surface area contributed by atoms with Crippen LogP contribution in [0.4, 0.5) is 11.5 Å². The Bertz CT molecular complexity index is 454. The highest BCUT2D eigenvalue weighted by Gasteiger charge is 2.15. The zero-order valence-corrected chi connectivity index (χ0v) is 12.9. The van der Waals surface area contributed by atoms with Crippen molar-refractivity contribution in [1.82, 2.24) is 9.88 Å². The zero-order valence-electron chi connectivity index (χ0n) is 12.1. The maximum absolute atomic E-state index is 10.9. The minimum absolute atomic E-state index is 0.0863. The predicted octanol–water partition coefficient (Wildman–Crippen LogP) is 3.18. The highest BCUT2D eigenvalue weighted by atomic mass is 35.5. The lowest BCUT2D eigenvalue weighted by Gasteiger charge is -2.20. The fraction of sp³-hybridized carbons (Fsp3) is 0.615. The van der Waals surface area contributed by atoms with E-state index in [2.05, 4.69) is 36.1 Å². The molecule has 0 bridgehead atoms. The van der Waals surface area contributed by atoms with Crippen LogP contribution >= 0.6 is 11.6 Å². The zero-order chi connectivity index (χ0) is 15.1. The number of nitrogens with one attached hydrogen (secondary N) is 1. The smallest absolute Gasteiger partial charge is 0.312 e. The van der Waals surface area contributed by atoms with Crippen molar-refractivity contribution in [1.29, 1.82) is 0 Å². The molecular formula is C13H21ClN4O2. The molecule has 7 heteroatoms. The Balaban J connectivity index is 2.41. The number of nitro groups is 1. The van der Waals surface area contributed by atoms with Crippen molar-refractivity contribution in [3.8, 4) is 0 Å². The average molecular weight is 301 g/mol. The van der Waals surface area contributed by atoms with Gasteiger partial charge < -0.3 is 10.2 Å². The lowest BCUT2D eigenvalue weighted by atomic mass is 10.2. The second kappa shape index (κ2) is 8.01. The molecule has 0 aromatic carbocycles. The van der Waals surface area contributed by atoms with E-state index in [0.29, 0.717) is 12.6 Å². The number of anilines is 1. The van der Waals surface area contributed by atoms with E-state index in [-0.39, 0.29) is 16.5 Å². The van der Waals surface area contributed by atoms with Gasteiger partial charge in [-0.05, 0) is 40.3 Å². The van der Waals surface area contributed by atoms with Gasteiger partial charge in [-0.15, -0.1) is 0 Å². The summed E-state index contributed by atoms with van der Waals surface area (Å²) in [6.07, 6.45) is 3.37. The number of hydrogen-bond donors (Lipinski definition) is 1.